The Morgan fingerprint density at radius 3 is 2.69 bits per heavy atom. The summed E-state index contributed by atoms with van der Waals surface area (Å²) in [5.74, 6) is 0.873. The van der Waals surface area contributed by atoms with Gasteiger partial charge in [-0.25, -0.2) is 0 Å². The van der Waals surface area contributed by atoms with Crippen molar-refractivity contribution < 1.29 is 9.53 Å². The number of amides is 1. The maximum atomic E-state index is 12.6. The Balaban J connectivity index is 1.33. The van der Waals surface area contributed by atoms with Crippen LogP contribution in [0.15, 0.2) is 17.4 Å². The Labute approximate surface area is 174 Å². The molecule has 1 aliphatic heterocycles. The van der Waals surface area contributed by atoms with E-state index in [2.05, 4.69) is 15.4 Å². The number of guanidine groups is 1. The van der Waals surface area contributed by atoms with Gasteiger partial charge in [0.1, 0.15) is 6.54 Å². The van der Waals surface area contributed by atoms with Crippen molar-refractivity contribution in [2.24, 2.45) is 12.0 Å². The van der Waals surface area contributed by atoms with Crippen molar-refractivity contribution in [3.63, 3.8) is 0 Å². The predicted octanol–water partition coefficient (Wildman–Crippen LogP) is 2.16. The van der Waals surface area contributed by atoms with Crippen LogP contribution in [0, 0.1) is 0 Å². The van der Waals surface area contributed by atoms with Gasteiger partial charge in [0.25, 0.3) is 0 Å². The van der Waals surface area contributed by atoms with Gasteiger partial charge in [0.05, 0.1) is 18.0 Å². The number of piperazine rings is 1. The number of carbonyl (C=O) groups is 1. The fourth-order valence-electron chi connectivity index (χ4n) is 4.09. The number of aliphatic imine (C=N–C) groups is 1. The number of hydrogen-bond acceptors (Lipinski definition) is 4. The molecule has 1 saturated heterocycles. The minimum absolute atomic E-state index is 0.0731. The maximum absolute atomic E-state index is 12.6. The number of aryl methyl sites for hydroxylation is 1. The minimum atomic E-state index is 0.0731. The zero-order chi connectivity index (χ0) is 20.5. The van der Waals surface area contributed by atoms with E-state index < -0.39 is 0 Å². The summed E-state index contributed by atoms with van der Waals surface area (Å²) in [6.07, 6.45) is 14.0. The highest BCUT2D eigenvalue weighted by atomic mass is 16.5. The van der Waals surface area contributed by atoms with E-state index in [0.29, 0.717) is 19.2 Å². The Kier molecular flexibility index (Phi) is 8.34. The van der Waals surface area contributed by atoms with Crippen molar-refractivity contribution in [3.8, 4) is 0 Å². The molecule has 8 nitrogen and oxygen atoms in total. The second-order valence-electron chi connectivity index (χ2n) is 8.00. The van der Waals surface area contributed by atoms with Gasteiger partial charge >= 0.3 is 0 Å². The summed E-state index contributed by atoms with van der Waals surface area (Å²) < 4.78 is 7.77. The van der Waals surface area contributed by atoms with Crippen LogP contribution < -0.4 is 10.2 Å². The summed E-state index contributed by atoms with van der Waals surface area (Å²) in [5.41, 5.74) is 0.855. The van der Waals surface area contributed by atoms with E-state index in [1.165, 1.54) is 38.5 Å². The van der Waals surface area contributed by atoms with Crippen LogP contribution >= 0.6 is 0 Å². The SMILES string of the molecule is CN=C(NCCCCOC1CCCCCC1)N1CCN(c2cnn(C)c2)C(=O)C1. The molecule has 8 heteroatoms. The molecular weight excluding hydrogens is 368 g/mol. The van der Waals surface area contributed by atoms with Crippen molar-refractivity contribution in [2.45, 2.75) is 57.5 Å². The molecule has 2 heterocycles. The second-order valence-corrected chi connectivity index (χ2v) is 8.00. The van der Waals surface area contributed by atoms with Gasteiger partial charge in [0.15, 0.2) is 5.96 Å². The first kappa shape index (κ1) is 21.6. The summed E-state index contributed by atoms with van der Waals surface area (Å²) in [4.78, 5) is 20.8. The molecule has 29 heavy (non-hydrogen) atoms. The van der Waals surface area contributed by atoms with Crippen LogP contribution in [0.3, 0.4) is 0 Å². The normalized spacial score (nSPS) is 19.5. The summed E-state index contributed by atoms with van der Waals surface area (Å²) in [6.45, 7) is 3.41. The fourth-order valence-corrected chi connectivity index (χ4v) is 4.09. The molecule has 3 rings (SSSR count). The number of aromatic nitrogens is 2. The molecule has 2 fully saturated rings. The Morgan fingerprint density at radius 2 is 2.03 bits per heavy atom. The minimum Gasteiger partial charge on any atom is -0.378 e. The average molecular weight is 405 g/mol. The quantitative estimate of drug-likeness (QED) is 0.326. The Hall–Kier alpha value is -2.09. The molecule has 0 radical (unpaired) electrons. The van der Waals surface area contributed by atoms with Gasteiger partial charge in [0, 0.05) is 46.5 Å². The summed E-state index contributed by atoms with van der Waals surface area (Å²) in [6, 6.07) is 0. The number of rotatable bonds is 7. The summed E-state index contributed by atoms with van der Waals surface area (Å²) in [5, 5.41) is 7.56. The largest absolute Gasteiger partial charge is 0.378 e. The lowest BCUT2D eigenvalue weighted by Crippen LogP contribution is -2.55. The Morgan fingerprint density at radius 1 is 1.24 bits per heavy atom. The summed E-state index contributed by atoms with van der Waals surface area (Å²) >= 11 is 0. The topological polar surface area (TPSA) is 75.0 Å². The molecule has 0 spiro atoms. The van der Waals surface area contributed by atoms with Crippen molar-refractivity contribution in [2.75, 3.05) is 44.7 Å². The number of nitrogens with zero attached hydrogens (tertiary/aromatic N) is 5. The van der Waals surface area contributed by atoms with Crippen LogP contribution in [0.25, 0.3) is 0 Å². The number of carbonyl (C=O) groups excluding carboxylic acids is 1. The van der Waals surface area contributed by atoms with Gasteiger partial charge in [-0.15, -0.1) is 0 Å². The first-order valence-corrected chi connectivity index (χ1v) is 11.0. The van der Waals surface area contributed by atoms with Gasteiger partial charge in [-0.1, -0.05) is 25.7 Å². The van der Waals surface area contributed by atoms with Crippen LogP contribution in [-0.4, -0.2) is 72.5 Å². The highest BCUT2D eigenvalue weighted by Gasteiger charge is 2.27. The number of unbranched alkanes of at least 4 members (excludes halogenated alkanes) is 1. The predicted molar refractivity (Wildman–Crippen MR) is 115 cm³/mol. The van der Waals surface area contributed by atoms with E-state index in [4.69, 9.17) is 4.74 Å². The number of ether oxygens (including phenoxy) is 1. The zero-order valence-electron chi connectivity index (χ0n) is 18.0. The molecule has 1 aromatic heterocycles. The van der Waals surface area contributed by atoms with Crippen molar-refractivity contribution in [1.29, 1.82) is 0 Å². The third-order valence-electron chi connectivity index (χ3n) is 5.74. The number of nitrogens with one attached hydrogen (secondary N) is 1. The van der Waals surface area contributed by atoms with Crippen molar-refractivity contribution >= 4 is 17.6 Å². The van der Waals surface area contributed by atoms with Crippen LogP contribution in [-0.2, 0) is 16.6 Å². The molecule has 0 bridgehead atoms. The molecule has 0 atom stereocenters. The molecule has 1 amide bonds. The maximum Gasteiger partial charge on any atom is 0.246 e. The van der Waals surface area contributed by atoms with Crippen LogP contribution in [0.2, 0.25) is 0 Å². The van der Waals surface area contributed by atoms with Gasteiger partial charge in [-0.2, -0.15) is 5.10 Å². The lowest BCUT2D eigenvalue weighted by molar-refractivity contribution is -0.120. The lowest BCUT2D eigenvalue weighted by atomic mass is 10.1. The highest BCUT2D eigenvalue weighted by molar-refractivity contribution is 5.98. The van der Waals surface area contributed by atoms with E-state index in [-0.39, 0.29) is 5.91 Å². The molecule has 0 unspecified atom stereocenters. The van der Waals surface area contributed by atoms with E-state index in [0.717, 1.165) is 44.2 Å². The average Bonchev–Trinajstić information content (AvgIpc) is 2.98. The van der Waals surface area contributed by atoms with Crippen LogP contribution in [0.1, 0.15) is 51.4 Å². The van der Waals surface area contributed by atoms with Gasteiger partial charge < -0.3 is 19.9 Å². The first-order valence-electron chi connectivity index (χ1n) is 11.0. The number of anilines is 1. The smallest absolute Gasteiger partial charge is 0.246 e. The lowest BCUT2D eigenvalue weighted by Gasteiger charge is -2.35. The van der Waals surface area contributed by atoms with Crippen molar-refractivity contribution in [3.05, 3.63) is 12.4 Å². The molecule has 162 valence electrons. The molecule has 0 aromatic carbocycles. The molecular formula is C21H36N6O2. The first-order chi connectivity index (χ1) is 14.2. The van der Waals surface area contributed by atoms with Crippen LogP contribution in [0.4, 0.5) is 5.69 Å². The molecule has 2 aliphatic rings. The highest BCUT2D eigenvalue weighted by Crippen LogP contribution is 2.20. The monoisotopic (exact) mass is 404 g/mol. The zero-order valence-corrected chi connectivity index (χ0v) is 18.0. The van der Waals surface area contributed by atoms with Crippen LogP contribution in [0.5, 0.6) is 0 Å². The van der Waals surface area contributed by atoms with Gasteiger partial charge in [-0.05, 0) is 25.7 Å². The fraction of sp³-hybridized carbons (Fsp3) is 0.762. The molecule has 1 N–H and O–H groups in total. The summed E-state index contributed by atoms with van der Waals surface area (Å²) in [7, 11) is 3.63. The standard InChI is InChI=1S/C21H36N6O2/c1-22-21(23-11-7-8-14-29-19-9-5-3-4-6-10-19)26-12-13-27(20(28)17-26)18-15-24-25(2)16-18/h15-16,19H,3-14,17H2,1-2H3,(H,22,23). The van der Waals surface area contributed by atoms with E-state index in [1.807, 2.05) is 18.1 Å². The second kappa shape index (κ2) is 11.2. The van der Waals surface area contributed by atoms with Gasteiger partial charge in [0.2, 0.25) is 5.91 Å². The number of hydrogen-bond donors (Lipinski definition) is 1. The Bertz CT molecular complexity index is 666. The third kappa shape index (κ3) is 6.45. The third-order valence-corrected chi connectivity index (χ3v) is 5.74. The van der Waals surface area contributed by atoms with Gasteiger partial charge in [-0.3, -0.25) is 14.5 Å². The van der Waals surface area contributed by atoms with E-state index in [9.17, 15) is 4.79 Å². The van der Waals surface area contributed by atoms with Crippen molar-refractivity contribution in [1.82, 2.24) is 20.0 Å². The molecule has 1 saturated carbocycles. The molecule has 1 aromatic rings. The molecule has 1 aliphatic carbocycles. The van der Waals surface area contributed by atoms with E-state index in [1.54, 1.807) is 22.8 Å². The van der Waals surface area contributed by atoms with E-state index >= 15 is 0 Å².